The van der Waals surface area contributed by atoms with Crippen molar-refractivity contribution in [2.24, 2.45) is 0 Å². The quantitative estimate of drug-likeness (QED) is 0.495. The zero-order valence-electron chi connectivity index (χ0n) is 14.9. The van der Waals surface area contributed by atoms with E-state index in [4.69, 9.17) is 16.3 Å². The number of benzene rings is 1. The lowest BCUT2D eigenvalue weighted by molar-refractivity contribution is 0.0524. The molecule has 0 aliphatic heterocycles. The number of carbonyl (C=O) groups excluding carboxylic acids is 1. The molecule has 2 heterocycles. The highest BCUT2D eigenvalue weighted by Crippen LogP contribution is 2.26. The Morgan fingerprint density at radius 1 is 1.31 bits per heavy atom. The summed E-state index contributed by atoms with van der Waals surface area (Å²) in [5.41, 5.74) is -0.179. The van der Waals surface area contributed by atoms with Gasteiger partial charge in [-0.25, -0.2) is 14.2 Å². The van der Waals surface area contributed by atoms with Crippen LogP contribution in [0.2, 0.25) is 5.02 Å². The normalized spacial score (nSPS) is 11.9. The van der Waals surface area contributed by atoms with Crippen molar-refractivity contribution in [1.82, 2.24) is 9.55 Å². The summed E-state index contributed by atoms with van der Waals surface area (Å²) in [6.07, 6.45) is 1.46. The van der Waals surface area contributed by atoms with Gasteiger partial charge in [0.05, 0.1) is 22.5 Å². The van der Waals surface area contributed by atoms with Crippen molar-refractivity contribution in [3.63, 3.8) is 0 Å². The number of ether oxygens (including phenoxy) is 1. The molecule has 136 valence electrons. The smallest absolute Gasteiger partial charge is 0.343 e. The van der Waals surface area contributed by atoms with Crippen molar-refractivity contribution in [3.05, 3.63) is 51.0 Å². The van der Waals surface area contributed by atoms with Gasteiger partial charge in [0.15, 0.2) is 0 Å². The van der Waals surface area contributed by atoms with Crippen LogP contribution >= 0.6 is 11.6 Å². The minimum atomic E-state index is -0.695. The van der Waals surface area contributed by atoms with E-state index in [1.807, 2.05) is 20.8 Å². The van der Waals surface area contributed by atoms with Gasteiger partial charge in [0.25, 0.3) is 0 Å². The molecule has 0 saturated carbocycles. The van der Waals surface area contributed by atoms with E-state index in [1.54, 1.807) is 11.5 Å². The molecule has 0 unspecified atom stereocenters. The number of fused-ring (bicyclic) bond motifs is 2. The second-order valence-electron chi connectivity index (χ2n) is 6.95. The van der Waals surface area contributed by atoms with Crippen LogP contribution in [0.4, 0.5) is 4.39 Å². The Kier molecular flexibility index (Phi) is 4.48. The highest BCUT2D eigenvalue weighted by atomic mass is 35.5. The number of halogens is 2. The topological polar surface area (TPSA) is 61.2 Å². The van der Waals surface area contributed by atoms with E-state index in [1.165, 1.54) is 24.4 Å². The van der Waals surface area contributed by atoms with Crippen LogP contribution in [-0.2, 0) is 10.3 Å². The Bertz CT molecular complexity index is 1100. The van der Waals surface area contributed by atoms with Crippen LogP contribution in [0.25, 0.3) is 21.9 Å². The summed E-state index contributed by atoms with van der Waals surface area (Å²) in [6, 6.07) is 4.18. The predicted molar refractivity (Wildman–Crippen MR) is 99.4 cm³/mol. The van der Waals surface area contributed by atoms with Crippen LogP contribution in [0, 0.1) is 5.82 Å². The first-order valence-corrected chi connectivity index (χ1v) is 8.54. The number of hydrogen-bond acceptors (Lipinski definition) is 4. The van der Waals surface area contributed by atoms with E-state index in [-0.39, 0.29) is 22.6 Å². The molecule has 0 saturated heterocycles. The van der Waals surface area contributed by atoms with Gasteiger partial charge in [-0.1, -0.05) is 11.6 Å². The molecule has 0 atom stereocenters. The van der Waals surface area contributed by atoms with Crippen LogP contribution < -0.4 is 5.43 Å². The molecule has 2 aromatic heterocycles. The molecule has 1 aromatic carbocycles. The third-order valence-corrected chi connectivity index (χ3v) is 4.32. The summed E-state index contributed by atoms with van der Waals surface area (Å²) in [7, 11) is 0. The number of carbonyl (C=O) groups is 1. The van der Waals surface area contributed by atoms with Gasteiger partial charge in [0.1, 0.15) is 17.0 Å². The number of rotatable bonds is 2. The molecule has 0 spiro atoms. The number of pyridine rings is 2. The Morgan fingerprint density at radius 2 is 2.00 bits per heavy atom. The Morgan fingerprint density at radius 3 is 2.62 bits per heavy atom. The molecule has 0 aliphatic rings. The second-order valence-corrected chi connectivity index (χ2v) is 7.36. The molecule has 7 heteroatoms. The summed E-state index contributed by atoms with van der Waals surface area (Å²) in [5, 5.41) is 0.606. The fraction of sp³-hybridized carbons (Fsp3) is 0.316. The third-order valence-electron chi connectivity index (χ3n) is 4.03. The predicted octanol–water partition coefficient (Wildman–Crippen LogP) is 4.27. The molecular formula is C19H18ClFN2O3. The highest BCUT2D eigenvalue weighted by Gasteiger charge is 2.23. The van der Waals surface area contributed by atoms with Gasteiger partial charge in [-0.3, -0.25) is 4.79 Å². The number of aromatic nitrogens is 2. The summed E-state index contributed by atoms with van der Waals surface area (Å²) in [5.74, 6) is -1.29. The molecule has 3 rings (SSSR count). The van der Waals surface area contributed by atoms with Gasteiger partial charge in [-0.15, -0.1) is 0 Å². The van der Waals surface area contributed by atoms with Crippen LogP contribution in [0.1, 0.15) is 38.1 Å². The van der Waals surface area contributed by atoms with Crippen molar-refractivity contribution in [3.8, 4) is 0 Å². The molecule has 26 heavy (non-hydrogen) atoms. The molecular weight excluding hydrogens is 359 g/mol. The third kappa shape index (κ3) is 3.05. The van der Waals surface area contributed by atoms with Crippen molar-refractivity contribution >= 4 is 39.5 Å². The van der Waals surface area contributed by atoms with Crippen LogP contribution in [0.5, 0.6) is 0 Å². The van der Waals surface area contributed by atoms with Gasteiger partial charge in [-0.2, -0.15) is 0 Å². The molecule has 3 aromatic rings. The fourth-order valence-corrected chi connectivity index (χ4v) is 2.93. The van der Waals surface area contributed by atoms with E-state index in [9.17, 15) is 14.0 Å². The number of esters is 1. The Hall–Kier alpha value is -2.47. The van der Waals surface area contributed by atoms with E-state index >= 15 is 0 Å². The van der Waals surface area contributed by atoms with E-state index < -0.39 is 22.8 Å². The van der Waals surface area contributed by atoms with Crippen molar-refractivity contribution in [2.75, 3.05) is 6.61 Å². The number of nitrogens with zero attached hydrogens (tertiary/aromatic N) is 2. The molecule has 0 amide bonds. The lowest BCUT2D eigenvalue weighted by Crippen LogP contribution is -2.28. The maximum Gasteiger partial charge on any atom is 0.343 e. The average molecular weight is 377 g/mol. The van der Waals surface area contributed by atoms with Crippen LogP contribution in [-0.4, -0.2) is 22.1 Å². The van der Waals surface area contributed by atoms with Crippen LogP contribution in [0.3, 0.4) is 0 Å². The summed E-state index contributed by atoms with van der Waals surface area (Å²) >= 11 is 5.86. The first-order chi connectivity index (χ1) is 12.1. The van der Waals surface area contributed by atoms with Gasteiger partial charge in [0.2, 0.25) is 5.43 Å². The molecule has 0 bridgehead atoms. The molecule has 5 nitrogen and oxygen atoms in total. The zero-order valence-corrected chi connectivity index (χ0v) is 15.6. The molecule has 0 fully saturated rings. The Labute approximate surface area is 154 Å². The standard InChI is InChI=1S/C19H18ClFN2O3/c1-5-26-18(25)12-9-23(19(2,3)4)17-11(16(12)24)6-10-7-14(21)13(20)8-15(10)22-17/h6-9H,5H2,1-4H3. The van der Waals surface area contributed by atoms with E-state index in [0.717, 1.165) is 0 Å². The Balaban J connectivity index is 2.47. The second kappa shape index (κ2) is 6.36. The van der Waals surface area contributed by atoms with Crippen molar-refractivity contribution in [1.29, 1.82) is 0 Å². The average Bonchev–Trinajstić information content (AvgIpc) is 2.54. The van der Waals surface area contributed by atoms with Gasteiger partial charge in [-0.05, 0) is 45.9 Å². The van der Waals surface area contributed by atoms with Crippen molar-refractivity contribution in [2.45, 2.75) is 33.2 Å². The van der Waals surface area contributed by atoms with E-state index in [2.05, 4.69) is 4.98 Å². The first-order valence-electron chi connectivity index (χ1n) is 8.16. The minimum Gasteiger partial charge on any atom is -0.462 e. The van der Waals surface area contributed by atoms with E-state index in [0.29, 0.717) is 16.6 Å². The van der Waals surface area contributed by atoms with Crippen LogP contribution in [0.15, 0.2) is 29.2 Å². The van der Waals surface area contributed by atoms with Gasteiger partial charge in [0, 0.05) is 17.1 Å². The lowest BCUT2D eigenvalue weighted by Gasteiger charge is -2.25. The summed E-state index contributed by atoms with van der Waals surface area (Å²) in [6.45, 7) is 7.61. The fourth-order valence-electron chi connectivity index (χ4n) is 2.77. The summed E-state index contributed by atoms with van der Waals surface area (Å²) in [4.78, 5) is 29.6. The molecule has 0 radical (unpaired) electrons. The zero-order chi connectivity index (χ0) is 19.2. The SMILES string of the molecule is CCOC(=O)c1cn(C(C)(C)C)c2nc3cc(Cl)c(F)cc3cc2c1=O. The van der Waals surface area contributed by atoms with Gasteiger partial charge >= 0.3 is 5.97 Å². The maximum atomic E-state index is 13.8. The lowest BCUT2D eigenvalue weighted by atomic mass is 10.1. The maximum absolute atomic E-state index is 13.8. The monoisotopic (exact) mass is 376 g/mol. The molecule has 0 aliphatic carbocycles. The van der Waals surface area contributed by atoms with Crippen molar-refractivity contribution < 1.29 is 13.9 Å². The summed E-state index contributed by atoms with van der Waals surface area (Å²) < 4.78 is 20.5. The largest absolute Gasteiger partial charge is 0.462 e. The first kappa shape index (κ1) is 18.3. The van der Waals surface area contributed by atoms with Gasteiger partial charge < -0.3 is 9.30 Å². The minimum absolute atomic E-state index is 0.0443. The highest BCUT2D eigenvalue weighted by molar-refractivity contribution is 6.31. The number of hydrogen-bond donors (Lipinski definition) is 0. The molecule has 0 N–H and O–H groups in total.